The molecule has 0 amide bonds. The quantitative estimate of drug-likeness (QED) is 0.799. The van der Waals surface area contributed by atoms with E-state index < -0.39 is 0 Å². The smallest absolute Gasteiger partial charge is 0.123 e. The van der Waals surface area contributed by atoms with Crippen LogP contribution in [0.1, 0.15) is 37.1 Å². The predicted molar refractivity (Wildman–Crippen MR) is 61.3 cm³/mol. The topological polar surface area (TPSA) is 38.9 Å². The lowest BCUT2D eigenvalue weighted by atomic mass is 9.98. The molecule has 2 nitrogen and oxygen atoms in total. The van der Waals surface area contributed by atoms with Crippen molar-refractivity contribution in [1.29, 1.82) is 0 Å². The Morgan fingerprint density at radius 3 is 2.50 bits per heavy atom. The summed E-state index contributed by atoms with van der Waals surface area (Å²) < 4.78 is 0. The summed E-state index contributed by atoms with van der Waals surface area (Å²) in [4.78, 5) is 4.29. The molecule has 0 fully saturated rings. The monoisotopic (exact) mass is 192 g/mol. The summed E-state index contributed by atoms with van der Waals surface area (Å²) >= 11 is 0. The van der Waals surface area contributed by atoms with Crippen LogP contribution < -0.4 is 5.73 Å². The van der Waals surface area contributed by atoms with E-state index in [4.69, 9.17) is 5.73 Å². The number of aromatic nitrogens is 1. The summed E-state index contributed by atoms with van der Waals surface area (Å²) in [5, 5.41) is 0. The molecule has 1 rings (SSSR count). The van der Waals surface area contributed by atoms with Crippen molar-refractivity contribution in [2.24, 2.45) is 5.92 Å². The summed E-state index contributed by atoms with van der Waals surface area (Å²) in [6.45, 7) is 8.64. The van der Waals surface area contributed by atoms with E-state index in [0.717, 1.165) is 18.0 Å². The highest BCUT2D eigenvalue weighted by Crippen LogP contribution is 2.18. The lowest BCUT2D eigenvalue weighted by Gasteiger charge is -2.11. The molecule has 1 heterocycles. The zero-order valence-corrected chi connectivity index (χ0v) is 9.59. The van der Waals surface area contributed by atoms with Gasteiger partial charge in [-0.3, -0.25) is 0 Å². The van der Waals surface area contributed by atoms with E-state index in [9.17, 15) is 0 Å². The molecule has 0 aromatic carbocycles. The molecule has 0 bridgehead atoms. The molecule has 2 N–H and O–H groups in total. The summed E-state index contributed by atoms with van der Waals surface area (Å²) in [5.74, 6) is 1.37. The molecule has 0 unspecified atom stereocenters. The Hall–Kier alpha value is -1.05. The third-order valence-electron chi connectivity index (χ3n) is 2.55. The molecule has 1 aromatic rings. The summed E-state index contributed by atoms with van der Waals surface area (Å²) in [6, 6.07) is 1.96. The Bertz CT molecular complexity index is 293. The van der Waals surface area contributed by atoms with Gasteiger partial charge in [0.2, 0.25) is 0 Å². The van der Waals surface area contributed by atoms with Crippen molar-refractivity contribution >= 4 is 5.82 Å². The average molecular weight is 192 g/mol. The predicted octanol–water partition coefficient (Wildman–Crippen LogP) is 2.87. The highest BCUT2D eigenvalue weighted by molar-refractivity contribution is 5.40. The van der Waals surface area contributed by atoms with Crippen molar-refractivity contribution in [3.05, 3.63) is 22.9 Å². The Morgan fingerprint density at radius 2 is 2.00 bits per heavy atom. The Balaban J connectivity index is 2.86. The van der Waals surface area contributed by atoms with Crippen molar-refractivity contribution < 1.29 is 0 Å². The molecule has 2 heteroatoms. The van der Waals surface area contributed by atoms with Crippen molar-refractivity contribution in [1.82, 2.24) is 4.98 Å². The molecular formula is C12H20N2. The normalized spacial score (nSPS) is 10.9. The van der Waals surface area contributed by atoms with E-state index in [-0.39, 0.29) is 0 Å². The van der Waals surface area contributed by atoms with Gasteiger partial charge in [0.25, 0.3) is 0 Å². The molecular weight excluding hydrogens is 172 g/mol. The van der Waals surface area contributed by atoms with Crippen LogP contribution >= 0.6 is 0 Å². The molecule has 14 heavy (non-hydrogen) atoms. The Labute approximate surface area is 86.5 Å². The van der Waals surface area contributed by atoms with Gasteiger partial charge in [-0.05, 0) is 49.8 Å². The Morgan fingerprint density at radius 1 is 1.36 bits per heavy atom. The number of rotatable bonds is 3. The highest BCUT2D eigenvalue weighted by atomic mass is 14.8. The van der Waals surface area contributed by atoms with E-state index >= 15 is 0 Å². The fourth-order valence-corrected chi connectivity index (χ4v) is 1.70. The van der Waals surface area contributed by atoms with Gasteiger partial charge in [-0.15, -0.1) is 0 Å². The van der Waals surface area contributed by atoms with Crippen molar-refractivity contribution in [3.8, 4) is 0 Å². The second-order valence-corrected chi connectivity index (χ2v) is 4.36. The molecule has 0 saturated carbocycles. The first kappa shape index (κ1) is 11.0. The standard InChI is InChI=1S/C12H20N2/c1-8(2)5-6-11-9(3)7-12(13)14-10(11)4/h7-8H,5-6H2,1-4H3,(H2,13,14). The Kier molecular flexibility index (Phi) is 3.50. The third-order valence-corrected chi connectivity index (χ3v) is 2.55. The van der Waals surface area contributed by atoms with Gasteiger partial charge in [-0.2, -0.15) is 0 Å². The number of hydrogen-bond acceptors (Lipinski definition) is 2. The largest absolute Gasteiger partial charge is 0.384 e. The maximum absolute atomic E-state index is 5.67. The minimum absolute atomic E-state index is 0.633. The van der Waals surface area contributed by atoms with Crippen LogP contribution in [-0.4, -0.2) is 4.98 Å². The van der Waals surface area contributed by atoms with Gasteiger partial charge >= 0.3 is 0 Å². The van der Waals surface area contributed by atoms with Gasteiger partial charge in [0, 0.05) is 5.69 Å². The summed E-state index contributed by atoms with van der Waals surface area (Å²) in [7, 11) is 0. The number of anilines is 1. The van der Waals surface area contributed by atoms with Crippen molar-refractivity contribution in [2.45, 2.75) is 40.5 Å². The second kappa shape index (κ2) is 4.45. The van der Waals surface area contributed by atoms with Gasteiger partial charge in [0.1, 0.15) is 5.82 Å². The van der Waals surface area contributed by atoms with Crippen LogP contribution in [0, 0.1) is 19.8 Å². The molecule has 0 aliphatic carbocycles. The number of aryl methyl sites for hydroxylation is 2. The SMILES string of the molecule is Cc1cc(N)nc(C)c1CCC(C)C. The van der Waals surface area contributed by atoms with E-state index in [0.29, 0.717) is 5.82 Å². The minimum Gasteiger partial charge on any atom is -0.384 e. The lowest BCUT2D eigenvalue weighted by molar-refractivity contribution is 0.584. The van der Waals surface area contributed by atoms with Crippen molar-refractivity contribution in [2.75, 3.05) is 5.73 Å². The first-order chi connectivity index (χ1) is 6.50. The third kappa shape index (κ3) is 2.72. The number of nitrogens with two attached hydrogens (primary N) is 1. The zero-order valence-electron chi connectivity index (χ0n) is 9.59. The fourth-order valence-electron chi connectivity index (χ4n) is 1.70. The van der Waals surface area contributed by atoms with Crippen LogP contribution in [0.4, 0.5) is 5.82 Å². The van der Waals surface area contributed by atoms with E-state index in [2.05, 4.69) is 25.8 Å². The zero-order chi connectivity index (χ0) is 10.7. The van der Waals surface area contributed by atoms with Crippen LogP contribution in [0.5, 0.6) is 0 Å². The van der Waals surface area contributed by atoms with Crippen molar-refractivity contribution in [3.63, 3.8) is 0 Å². The van der Waals surface area contributed by atoms with Crippen LogP contribution in [0.2, 0.25) is 0 Å². The van der Waals surface area contributed by atoms with Crippen LogP contribution in [0.3, 0.4) is 0 Å². The molecule has 78 valence electrons. The van der Waals surface area contributed by atoms with Crippen LogP contribution in [0.15, 0.2) is 6.07 Å². The first-order valence-electron chi connectivity index (χ1n) is 5.23. The summed E-state index contributed by atoms with van der Waals surface area (Å²) in [5.41, 5.74) is 9.40. The van der Waals surface area contributed by atoms with Gasteiger partial charge in [-0.25, -0.2) is 4.98 Å². The number of nitrogens with zero attached hydrogens (tertiary/aromatic N) is 1. The maximum atomic E-state index is 5.67. The summed E-state index contributed by atoms with van der Waals surface area (Å²) in [6.07, 6.45) is 2.33. The lowest BCUT2D eigenvalue weighted by Crippen LogP contribution is -2.02. The second-order valence-electron chi connectivity index (χ2n) is 4.36. The first-order valence-corrected chi connectivity index (χ1v) is 5.23. The van der Waals surface area contributed by atoms with E-state index in [1.165, 1.54) is 17.5 Å². The molecule has 1 aromatic heterocycles. The molecule has 0 atom stereocenters. The average Bonchev–Trinajstić information content (AvgIpc) is 2.01. The fraction of sp³-hybridized carbons (Fsp3) is 0.583. The maximum Gasteiger partial charge on any atom is 0.123 e. The molecule has 0 aliphatic rings. The number of nitrogen functional groups attached to an aromatic ring is 1. The van der Waals surface area contributed by atoms with Gasteiger partial charge in [-0.1, -0.05) is 13.8 Å². The van der Waals surface area contributed by atoms with Crippen LogP contribution in [-0.2, 0) is 6.42 Å². The van der Waals surface area contributed by atoms with Gasteiger partial charge in [0.15, 0.2) is 0 Å². The van der Waals surface area contributed by atoms with E-state index in [1.54, 1.807) is 0 Å². The van der Waals surface area contributed by atoms with Crippen LogP contribution in [0.25, 0.3) is 0 Å². The van der Waals surface area contributed by atoms with E-state index in [1.807, 2.05) is 13.0 Å². The molecule has 0 aliphatic heterocycles. The molecule has 0 saturated heterocycles. The van der Waals surface area contributed by atoms with Gasteiger partial charge in [0.05, 0.1) is 0 Å². The number of pyridine rings is 1. The minimum atomic E-state index is 0.633. The highest BCUT2D eigenvalue weighted by Gasteiger charge is 2.06. The number of hydrogen-bond donors (Lipinski definition) is 1. The van der Waals surface area contributed by atoms with Gasteiger partial charge < -0.3 is 5.73 Å². The molecule has 0 spiro atoms. The molecule has 0 radical (unpaired) electrons.